The van der Waals surface area contributed by atoms with E-state index >= 15 is 0 Å². The molecule has 0 fully saturated rings. The smallest absolute Gasteiger partial charge is 0.229 e. The van der Waals surface area contributed by atoms with E-state index in [1.54, 1.807) is 36.5 Å². The van der Waals surface area contributed by atoms with E-state index < -0.39 is 0 Å². The van der Waals surface area contributed by atoms with E-state index in [2.05, 4.69) is 24.3 Å². The van der Waals surface area contributed by atoms with E-state index in [4.69, 9.17) is 0 Å². The summed E-state index contributed by atoms with van der Waals surface area (Å²) in [6.45, 7) is 4.14. The van der Waals surface area contributed by atoms with Gasteiger partial charge in [-0.15, -0.1) is 0 Å². The molecule has 2 aromatic rings. The van der Waals surface area contributed by atoms with Gasteiger partial charge in [0, 0.05) is 6.07 Å². The number of nitrogens with zero attached hydrogens (tertiary/aromatic N) is 2. The molecule has 0 aliphatic carbocycles. The van der Waals surface area contributed by atoms with Crippen molar-refractivity contribution in [3.05, 3.63) is 42.1 Å². The maximum absolute atomic E-state index is 12.0. The van der Waals surface area contributed by atoms with Gasteiger partial charge in [0.2, 0.25) is 5.91 Å². The predicted octanol–water partition coefficient (Wildman–Crippen LogP) is 2.74. The van der Waals surface area contributed by atoms with Crippen molar-refractivity contribution in [1.82, 2.24) is 9.78 Å². The Kier molecular flexibility index (Phi) is 4.40. The van der Waals surface area contributed by atoms with E-state index in [0.29, 0.717) is 5.82 Å². The Labute approximate surface area is 118 Å². The number of rotatable bonds is 5. The number of hydrogen-bond acceptors (Lipinski definition) is 3. The van der Waals surface area contributed by atoms with Gasteiger partial charge in [0.15, 0.2) is 0 Å². The highest BCUT2D eigenvalue weighted by Gasteiger charge is 2.11. The van der Waals surface area contributed by atoms with Crippen LogP contribution in [0.4, 0.5) is 5.82 Å². The molecule has 0 saturated carbocycles. The molecule has 20 heavy (non-hydrogen) atoms. The molecule has 1 amide bonds. The minimum absolute atomic E-state index is 0.0965. The zero-order valence-electron chi connectivity index (χ0n) is 11.7. The van der Waals surface area contributed by atoms with Gasteiger partial charge in [0.1, 0.15) is 11.6 Å². The second-order valence-electron chi connectivity index (χ2n) is 4.81. The first kappa shape index (κ1) is 14.1. The van der Waals surface area contributed by atoms with Crippen molar-refractivity contribution < 1.29 is 9.90 Å². The fourth-order valence-electron chi connectivity index (χ4n) is 1.92. The SMILES string of the molecule is CCC(C)n1nccc1NC(=O)Cc1ccc(O)cc1. The first-order valence-corrected chi connectivity index (χ1v) is 6.71. The quantitative estimate of drug-likeness (QED) is 0.880. The van der Waals surface area contributed by atoms with Crippen molar-refractivity contribution in [2.75, 3.05) is 5.32 Å². The number of benzene rings is 1. The Morgan fingerprint density at radius 2 is 2.05 bits per heavy atom. The molecule has 5 nitrogen and oxygen atoms in total. The average Bonchev–Trinajstić information content (AvgIpc) is 2.88. The summed E-state index contributed by atoms with van der Waals surface area (Å²) in [6, 6.07) is 8.66. The Balaban J connectivity index is 2.01. The number of aromatic nitrogens is 2. The third-order valence-corrected chi connectivity index (χ3v) is 3.25. The van der Waals surface area contributed by atoms with Gasteiger partial charge in [0.25, 0.3) is 0 Å². The Morgan fingerprint density at radius 1 is 1.35 bits per heavy atom. The van der Waals surface area contributed by atoms with Crippen LogP contribution in [0.1, 0.15) is 31.9 Å². The summed E-state index contributed by atoms with van der Waals surface area (Å²) in [7, 11) is 0. The van der Waals surface area contributed by atoms with Crippen LogP contribution in [-0.4, -0.2) is 20.8 Å². The van der Waals surface area contributed by atoms with E-state index in [1.165, 1.54) is 0 Å². The zero-order valence-corrected chi connectivity index (χ0v) is 11.7. The molecule has 1 unspecified atom stereocenters. The van der Waals surface area contributed by atoms with Gasteiger partial charge >= 0.3 is 0 Å². The molecule has 1 heterocycles. The van der Waals surface area contributed by atoms with E-state index in [9.17, 15) is 9.90 Å². The van der Waals surface area contributed by atoms with Crippen LogP contribution in [0.2, 0.25) is 0 Å². The number of phenols is 1. The summed E-state index contributed by atoms with van der Waals surface area (Å²) in [4.78, 5) is 12.0. The van der Waals surface area contributed by atoms with Gasteiger partial charge in [-0.25, -0.2) is 4.68 Å². The van der Waals surface area contributed by atoms with E-state index in [1.807, 2.05) is 4.68 Å². The standard InChI is InChI=1S/C15H19N3O2/c1-3-11(2)18-14(8-9-16-18)17-15(20)10-12-4-6-13(19)7-5-12/h4-9,11,19H,3,10H2,1-2H3,(H,17,20). The van der Waals surface area contributed by atoms with Crippen LogP contribution in [-0.2, 0) is 11.2 Å². The number of aromatic hydroxyl groups is 1. The third kappa shape index (κ3) is 3.38. The van der Waals surface area contributed by atoms with Crippen molar-refractivity contribution >= 4 is 11.7 Å². The highest BCUT2D eigenvalue weighted by atomic mass is 16.3. The van der Waals surface area contributed by atoms with Crippen LogP contribution in [0.25, 0.3) is 0 Å². The lowest BCUT2D eigenvalue weighted by Crippen LogP contribution is -2.18. The highest BCUT2D eigenvalue weighted by Crippen LogP contribution is 2.17. The number of hydrogen-bond donors (Lipinski definition) is 2. The number of anilines is 1. The average molecular weight is 273 g/mol. The van der Waals surface area contributed by atoms with Gasteiger partial charge in [-0.05, 0) is 31.0 Å². The van der Waals surface area contributed by atoms with Gasteiger partial charge in [0.05, 0.1) is 18.7 Å². The number of carbonyl (C=O) groups excluding carboxylic acids is 1. The lowest BCUT2D eigenvalue weighted by molar-refractivity contribution is -0.115. The number of carbonyl (C=O) groups is 1. The molecular formula is C15H19N3O2. The normalized spacial score (nSPS) is 12.1. The predicted molar refractivity (Wildman–Crippen MR) is 77.7 cm³/mol. The number of phenolic OH excluding ortho intramolecular Hbond substituents is 1. The lowest BCUT2D eigenvalue weighted by Gasteiger charge is -2.14. The molecule has 0 aliphatic rings. The second-order valence-corrected chi connectivity index (χ2v) is 4.81. The van der Waals surface area contributed by atoms with Crippen LogP contribution < -0.4 is 5.32 Å². The topological polar surface area (TPSA) is 67.2 Å². The summed E-state index contributed by atoms with van der Waals surface area (Å²) in [5.41, 5.74) is 0.856. The monoisotopic (exact) mass is 273 g/mol. The maximum atomic E-state index is 12.0. The van der Waals surface area contributed by atoms with Gasteiger partial charge < -0.3 is 10.4 Å². The highest BCUT2D eigenvalue weighted by molar-refractivity contribution is 5.91. The van der Waals surface area contributed by atoms with Gasteiger partial charge in [-0.3, -0.25) is 4.79 Å². The molecule has 106 valence electrons. The molecule has 0 spiro atoms. The van der Waals surface area contributed by atoms with Crippen molar-refractivity contribution in [3.8, 4) is 5.75 Å². The van der Waals surface area contributed by atoms with Crippen molar-refractivity contribution in [3.63, 3.8) is 0 Å². The number of amides is 1. The van der Waals surface area contributed by atoms with Crippen LogP contribution in [0.3, 0.4) is 0 Å². The zero-order chi connectivity index (χ0) is 14.5. The number of nitrogens with one attached hydrogen (secondary N) is 1. The second kappa shape index (κ2) is 6.23. The third-order valence-electron chi connectivity index (χ3n) is 3.25. The van der Waals surface area contributed by atoms with E-state index in [-0.39, 0.29) is 24.1 Å². The van der Waals surface area contributed by atoms with Crippen molar-refractivity contribution in [2.24, 2.45) is 0 Å². The Hall–Kier alpha value is -2.30. The first-order chi connectivity index (χ1) is 9.60. The van der Waals surface area contributed by atoms with Crippen molar-refractivity contribution in [1.29, 1.82) is 0 Å². The Bertz CT molecular complexity index is 575. The van der Waals surface area contributed by atoms with Gasteiger partial charge in [-0.2, -0.15) is 5.10 Å². The summed E-state index contributed by atoms with van der Waals surface area (Å²) in [6.07, 6.45) is 2.90. The van der Waals surface area contributed by atoms with E-state index in [0.717, 1.165) is 12.0 Å². The lowest BCUT2D eigenvalue weighted by atomic mass is 10.1. The minimum atomic E-state index is -0.0965. The fourth-order valence-corrected chi connectivity index (χ4v) is 1.92. The fraction of sp³-hybridized carbons (Fsp3) is 0.333. The first-order valence-electron chi connectivity index (χ1n) is 6.71. The molecule has 2 rings (SSSR count). The van der Waals surface area contributed by atoms with Crippen LogP contribution in [0, 0.1) is 0 Å². The van der Waals surface area contributed by atoms with Crippen molar-refractivity contribution in [2.45, 2.75) is 32.7 Å². The van der Waals surface area contributed by atoms with Crippen LogP contribution in [0.15, 0.2) is 36.5 Å². The molecule has 0 radical (unpaired) electrons. The largest absolute Gasteiger partial charge is 0.508 e. The summed E-state index contributed by atoms with van der Waals surface area (Å²) in [5, 5.41) is 16.3. The molecule has 1 aromatic carbocycles. The van der Waals surface area contributed by atoms with Crippen LogP contribution >= 0.6 is 0 Å². The molecule has 1 aromatic heterocycles. The summed E-state index contributed by atoms with van der Waals surface area (Å²) >= 11 is 0. The molecule has 1 atom stereocenters. The molecular weight excluding hydrogens is 254 g/mol. The molecule has 0 saturated heterocycles. The minimum Gasteiger partial charge on any atom is -0.508 e. The molecule has 0 bridgehead atoms. The van der Waals surface area contributed by atoms with Crippen LogP contribution in [0.5, 0.6) is 5.75 Å². The molecule has 5 heteroatoms. The summed E-state index contributed by atoms with van der Waals surface area (Å²) in [5.74, 6) is 0.813. The Morgan fingerprint density at radius 3 is 2.70 bits per heavy atom. The summed E-state index contributed by atoms with van der Waals surface area (Å²) < 4.78 is 1.81. The maximum Gasteiger partial charge on any atom is 0.229 e. The molecule has 0 aliphatic heterocycles. The van der Waals surface area contributed by atoms with Gasteiger partial charge in [-0.1, -0.05) is 19.1 Å². The molecule has 2 N–H and O–H groups in total.